The molecule has 0 aliphatic heterocycles. The van der Waals surface area contributed by atoms with E-state index in [1.165, 1.54) is 52.0 Å². The second-order valence-electron chi connectivity index (χ2n) is 6.76. The average molecular weight is 483 g/mol. The zero-order chi connectivity index (χ0) is 24.0. The number of carbonyl (C=O) groups excluding carboxylic acids is 4. The molecule has 2 rings (SSSR count). The number of allylic oxidation sites excluding steroid dienone is 4. The molecule has 0 aromatic heterocycles. The first-order valence-corrected chi connectivity index (χ1v) is 11.7. The first-order chi connectivity index (χ1) is 15.2. The van der Waals surface area contributed by atoms with Crippen LogP contribution in [0.25, 0.3) is 0 Å². The van der Waals surface area contributed by atoms with E-state index in [1.54, 1.807) is 13.8 Å². The second kappa shape index (κ2) is 11.4. The largest absolute Gasteiger partial charge is 0.489 e. The van der Waals surface area contributed by atoms with Gasteiger partial charge in [-0.1, -0.05) is 0 Å². The van der Waals surface area contributed by atoms with Crippen LogP contribution in [0.1, 0.15) is 26.7 Å². The third kappa shape index (κ3) is 4.96. The molecule has 0 saturated carbocycles. The van der Waals surface area contributed by atoms with E-state index >= 15 is 0 Å². The van der Waals surface area contributed by atoms with Gasteiger partial charge in [0.1, 0.15) is 0 Å². The van der Waals surface area contributed by atoms with Crippen molar-refractivity contribution in [1.29, 1.82) is 0 Å². The number of hydrogen-bond donors (Lipinski definition) is 0. The summed E-state index contributed by atoms with van der Waals surface area (Å²) in [5.74, 6) is -0.547. The lowest BCUT2D eigenvalue weighted by molar-refractivity contribution is -0.120. The summed E-state index contributed by atoms with van der Waals surface area (Å²) >= 11 is 2.59. The van der Waals surface area contributed by atoms with Gasteiger partial charge in [0.05, 0.1) is 38.2 Å². The molecule has 0 aromatic carbocycles. The number of ketones is 4. The molecule has 0 radical (unpaired) electrons. The third-order valence-electron chi connectivity index (χ3n) is 4.86. The predicted octanol–water partition coefficient (Wildman–Crippen LogP) is 3.09. The Morgan fingerprint density at radius 1 is 0.531 bits per heavy atom. The van der Waals surface area contributed by atoms with Gasteiger partial charge in [-0.05, 0) is 38.2 Å². The first kappa shape index (κ1) is 25.8. The Balaban J connectivity index is 1.92. The molecule has 0 atom stereocenters. The van der Waals surface area contributed by atoms with Crippen LogP contribution in [-0.2, 0) is 38.1 Å². The van der Waals surface area contributed by atoms with Gasteiger partial charge in [0, 0.05) is 11.1 Å². The maximum Gasteiger partial charge on any atom is 0.238 e. The SMILES string of the molecule is COC1=C(OC)C(=O)C(SCCCCSC2=C(C)C(=O)C(OC)=C(OC)C2=O)=C(C)C1=O. The molecule has 0 aromatic rings. The summed E-state index contributed by atoms with van der Waals surface area (Å²) in [4.78, 5) is 50.8. The Kier molecular flexibility index (Phi) is 9.21. The molecular weight excluding hydrogens is 456 g/mol. The minimum absolute atomic E-state index is 0.0767. The van der Waals surface area contributed by atoms with Crippen molar-refractivity contribution in [2.24, 2.45) is 0 Å². The lowest BCUT2D eigenvalue weighted by atomic mass is 10.0. The molecule has 0 spiro atoms. The molecule has 8 nitrogen and oxygen atoms in total. The summed E-state index contributed by atoms with van der Waals surface area (Å²) in [5.41, 5.74) is 0.680. The Morgan fingerprint density at radius 2 is 0.812 bits per heavy atom. The molecule has 0 N–H and O–H groups in total. The normalized spacial score (nSPS) is 17.6. The molecule has 0 unspecified atom stereocenters. The molecule has 10 heteroatoms. The number of thioether (sulfide) groups is 2. The molecule has 174 valence electrons. The third-order valence-corrected chi connectivity index (χ3v) is 7.41. The Hall–Kier alpha value is -2.46. The summed E-state index contributed by atoms with van der Waals surface area (Å²) in [6.45, 7) is 3.19. The van der Waals surface area contributed by atoms with Crippen LogP contribution in [0.2, 0.25) is 0 Å². The van der Waals surface area contributed by atoms with Crippen molar-refractivity contribution in [2.75, 3.05) is 39.9 Å². The van der Waals surface area contributed by atoms with Crippen molar-refractivity contribution in [3.8, 4) is 0 Å². The fourth-order valence-corrected chi connectivity index (χ4v) is 5.32. The summed E-state index contributed by atoms with van der Waals surface area (Å²) in [7, 11) is 5.30. The van der Waals surface area contributed by atoms with Crippen molar-refractivity contribution in [3.05, 3.63) is 44.0 Å². The summed E-state index contributed by atoms with van der Waals surface area (Å²) in [6.07, 6.45) is 1.48. The van der Waals surface area contributed by atoms with Crippen LogP contribution >= 0.6 is 23.5 Å². The van der Waals surface area contributed by atoms with E-state index in [4.69, 9.17) is 18.9 Å². The van der Waals surface area contributed by atoms with Crippen molar-refractivity contribution in [1.82, 2.24) is 0 Å². The monoisotopic (exact) mass is 482 g/mol. The highest BCUT2D eigenvalue weighted by Gasteiger charge is 2.36. The highest BCUT2D eigenvalue weighted by atomic mass is 32.2. The van der Waals surface area contributed by atoms with Crippen LogP contribution in [0, 0.1) is 0 Å². The van der Waals surface area contributed by atoms with Gasteiger partial charge in [-0.2, -0.15) is 0 Å². The maximum absolute atomic E-state index is 12.6. The minimum atomic E-state index is -0.360. The molecule has 2 aliphatic carbocycles. The van der Waals surface area contributed by atoms with Crippen LogP contribution in [0.5, 0.6) is 0 Å². The molecule has 0 saturated heterocycles. The summed E-state index contributed by atoms with van der Waals surface area (Å²) < 4.78 is 20.2. The minimum Gasteiger partial charge on any atom is -0.489 e. The Labute approximate surface area is 195 Å². The topological polar surface area (TPSA) is 105 Å². The standard InChI is InChI=1S/C22H26O8S2/c1-11-13(23)17(27-3)19(29-5)15(25)21(11)31-9-7-8-10-32-22-12(2)14(24)18(28-4)20(30-6)16(22)26/h7-10H2,1-6H3. The number of unbranched alkanes of at least 4 members (excludes halogenated alkanes) is 1. The number of Topliss-reactive ketones (excluding diaryl/α,β-unsaturated/α-hetero) is 4. The lowest BCUT2D eigenvalue weighted by Crippen LogP contribution is -2.24. The fraction of sp³-hybridized carbons (Fsp3) is 0.455. The molecule has 0 fully saturated rings. The number of carbonyl (C=O) groups is 4. The van der Waals surface area contributed by atoms with Gasteiger partial charge < -0.3 is 18.9 Å². The van der Waals surface area contributed by atoms with Crippen molar-refractivity contribution >= 4 is 46.7 Å². The fourth-order valence-electron chi connectivity index (χ4n) is 3.15. The summed E-state index contributed by atoms with van der Waals surface area (Å²) in [5, 5.41) is 0. The van der Waals surface area contributed by atoms with Crippen LogP contribution in [0.4, 0.5) is 0 Å². The second-order valence-corrected chi connectivity index (χ2v) is 8.97. The highest BCUT2D eigenvalue weighted by Crippen LogP contribution is 2.35. The average Bonchev–Trinajstić information content (AvgIpc) is 2.78. The Bertz CT molecular complexity index is 890. The van der Waals surface area contributed by atoms with Crippen LogP contribution in [0.3, 0.4) is 0 Å². The van der Waals surface area contributed by atoms with Gasteiger partial charge in [0.2, 0.25) is 46.2 Å². The van der Waals surface area contributed by atoms with E-state index in [-0.39, 0.29) is 46.2 Å². The molecule has 32 heavy (non-hydrogen) atoms. The van der Waals surface area contributed by atoms with E-state index in [9.17, 15) is 19.2 Å². The molecule has 2 aliphatic rings. The quantitative estimate of drug-likeness (QED) is 0.322. The number of hydrogen-bond acceptors (Lipinski definition) is 10. The van der Waals surface area contributed by atoms with Gasteiger partial charge in [0.25, 0.3) is 0 Å². The first-order valence-electron chi connectivity index (χ1n) is 9.75. The molecule has 0 heterocycles. The van der Waals surface area contributed by atoms with Crippen molar-refractivity contribution in [2.45, 2.75) is 26.7 Å². The zero-order valence-electron chi connectivity index (χ0n) is 18.9. The van der Waals surface area contributed by atoms with Crippen molar-refractivity contribution < 1.29 is 38.1 Å². The van der Waals surface area contributed by atoms with Gasteiger partial charge in [-0.25, -0.2) is 0 Å². The van der Waals surface area contributed by atoms with Crippen LogP contribution < -0.4 is 0 Å². The number of rotatable bonds is 11. The van der Waals surface area contributed by atoms with E-state index in [0.717, 1.165) is 12.8 Å². The van der Waals surface area contributed by atoms with Crippen LogP contribution in [-0.4, -0.2) is 63.1 Å². The predicted molar refractivity (Wildman–Crippen MR) is 122 cm³/mol. The zero-order valence-corrected chi connectivity index (χ0v) is 20.5. The van der Waals surface area contributed by atoms with E-state index < -0.39 is 0 Å². The van der Waals surface area contributed by atoms with Gasteiger partial charge in [0.15, 0.2) is 0 Å². The van der Waals surface area contributed by atoms with Gasteiger partial charge in [-0.15, -0.1) is 23.5 Å². The highest BCUT2D eigenvalue weighted by molar-refractivity contribution is 8.04. The van der Waals surface area contributed by atoms with Crippen molar-refractivity contribution in [3.63, 3.8) is 0 Å². The van der Waals surface area contributed by atoms with E-state index in [1.807, 2.05) is 0 Å². The van der Waals surface area contributed by atoms with E-state index in [0.29, 0.717) is 32.5 Å². The summed E-state index contributed by atoms with van der Waals surface area (Å²) in [6, 6.07) is 0. The maximum atomic E-state index is 12.6. The molecule has 0 bridgehead atoms. The van der Waals surface area contributed by atoms with E-state index in [2.05, 4.69) is 0 Å². The molecule has 0 amide bonds. The molecular formula is C22H26O8S2. The van der Waals surface area contributed by atoms with Gasteiger partial charge in [-0.3, -0.25) is 19.2 Å². The smallest absolute Gasteiger partial charge is 0.238 e. The van der Waals surface area contributed by atoms with Crippen LogP contribution in [0.15, 0.2) is 44.0 Å². The number of ether oxygens (including phenoxy) is 4. The lowest BCUT2D eigenvalue weighted by Gasteiger charge is -2.20. The van der Waals surface area contributed by atoms with Gasteiger partial charge >= 0.3 is 0 Å². The Morgan fingerprint density at radius 3 is 1.09 bits per heavy atom. The number of methoxy groups -OCH3 is 4.